The molecule has 0 fully saturated rings. The lowest BCUT2D eigenvalue weighted by Crippen LogP contribution is -2.12. The van der Waals surface area contributed by atoms with Crippen molar-refractivity contribution in [3.63, 3.8) is 0 Å². The Morgan fingerprint density at radius 3 is 2.76 bits per heavy atom. The molecular formula is C17H19NO3. The Bertz CT molecular complexity index is 638. The number of amides is 1. The van der Waals surface area contributed by atoms with E-state index in [2.05, 4.69) is 5.32 Å². The average molecular weight is 285 g/mol. The van der Waals surface area contributed by atoms with Crippen LogP contribution in [0.5, 0.6) is 11.5 Å². The third kappa shape index (κ3) is 3.99. The minimum absolute atomic E-state index is 0.181. The standard InChI is InChI=1S/C17H19NO3/c1-3-9-21-15-6-4-5-13(11-15)17(20)18-16-8-7-14(19)10-12(16)2/h4-8,10-11,19H,3,9H2,1-2H3,(H,18,20). The van der Waals surface area contributed by atoms with E-state index in [1.54, 1.807) is 36.4 Å². The van der Waals surface area contributed by atoms with Gasteiger partial charge in [-0.25, -0.2) is 0 Å². The number of carbonyl (C=O) groups excluding carboxylic acids is 1. The Morgan fingerprint density at radius 2 is 2.05 bits per heavy atom. The van der Waals surface area contributed by atoms with E-state index in [0.717, 1.165) is 12.0 Å². The van der Waals surface area contributed by atoms with Crippen LogP contribution in [0.15, 0.2) is 42.5 Å². The number of nitrogens with one attached hydrogen (secondary N) is 1. The summed E-state index contributed by atoms with van der Waals surface area (Å²) in [6.45, 7) is 4.49. The van der Waals surface area contributed by atoms with Gasteiger partial charge in [0.15, 0.2) is 0 Å². The molecule has 110 valence electrons. The molecule has 0 unspecified atom stereocenters. The molecule has 0 saturated carbocycles. The molecule has 0 spiro atoms. The van der Waals surface area contributed by atoms with Crippen molar-refractivity contribution in [2.45, 2.75) is 20.3 Å². The molecule has 0 radical (unpaired) electrons. The summed E-state index contributed by atoms with van der Waals surface area (Å²) < 4.78 is 5.52. The van der Waals surface area contributed by atoms with Gasteiger partial charge in [0.1, 0.15) is 11.5 Å². The molecule has 21 heavy (non-hydrogen) atoms. The van der Waals surface area contributed by atoms with Crippen LogP contribution in [0.2, 0.25) is 0 Å². The number of hydrogen-bond acceptors (Lipinski definition) is 3. The van der Waals surface area contributed by atoms with Gasteiger partial charge >= 0.3 is 0 Å². The monoisotopic (exact) mass is 285 g/mol. The summed E-state index contributed by atoms with van der Waals surface area (Å²) in [4.78, 5) is 12.2. The summed E-state index contributed by atoms with van der Waals surface area (Å²) in [5.41, 5.74) is 2.02. The lowest BCUT2D eigenvalue weighted by Gasteiger charge is -2.10. The van der Waals surface area contributed by atoms with Crippen molar-refractivity contribution in [3.8, 4) is 11.5 Å². The highest BCUT2D eigenvalue weighted by atomic mass is 16.5. The van der Waals surface area contributed by atoms with E-state index in [0.29, 0.717) is 23.6 Å². The fraction of sp³-hybridized carbons (Fsp3) is 0.235. The Labute approximate surface area is 124 Å². The van der Waals surface area contributed by atoms with E-state index in [9.17, 15) is 9.90 Å². The van der Waals surface area contributed by atoms with Gasteiger partial charge in [-0.2, -0.15) is 0 Å². The number of hydrogen-bond donors (Lipinski definition) is 2. The molecule has 2 aromatic rings. The molecule has 0 aliphatic carbocycles. The van der Waals surface area contributed by atoms with Crippen molar-refractivity contribution >= 4 is 11.6 Å². The van der Waals surface area contributed by atoms with Gasteiger partial charge in [-0.1, -0.05) is 13.0 Å². The van der Waals surface area contributed by atoms with Gasteiger partial charge in [0.05, 0.1) is 6.61 Å². The predicted molar refractivity (Wildman–Crippen MR) is 83.0 cm³/mol. The topological polar surface area (TPSA) is 58.6 Å². The number of benzene rings is 2. The SMILES string of the molecule is CCCOc1cccc(C(=O)Nc2ccc(O)cc2C)c1. The van der Waals surface area contributed by atoms with Crippen LogP contribution in [0, 0.1) is 6.92 Å². The summed E-state index contributed by atoms with van der Waals surface area (Å²) in [5, 5.41) is 12.2. The van der Waals surface area contributed by atoms with Crippen LogP contribution in [0.25, 0.3) is 0 Å². The number of aromatic hydroxyl groups is 1. The molecule has 0 heterocycles. The van der Waals surface area contributed by atoms with Crippen LogP contribution in [-0.4, -0.2) is 17.6 Å². The van der Waals surface area contributed by atoms with E-state index in [1.807, 2.05) is 19.9 Å². The van der Waals surface area contributed by atoms with Crippen LogP contribution in [-0.2, 0) is 0 Å². The zero-order chi connectivity index (χ0) is 15.2. The number of ether oxygens (including phenoxy) is 1. The summed E-state index contributed by atoms with van der Waals surface area (Å²) in [5.74, 6) is 0.665. The van der Waals surface area contributed by atoms with E-state index >= 15 is 0 Å². The zero-order valence-electron chi connectivity index (χ0n) is 12.2. The second-order valence-electron chi connectivity index (χ2n) is 4.83. The highest BCUT2D eigenvalue weighted by Gasteiger charge is 2.09. The second kappa shape index (κ2) is 6.79. The number of anilines is 1. The van der Waals surface area contributed by atoms with Gasteiger partial charge in [0, 0.05) is 11.3 Å². The highest BCUT2D eigenvalue weighted by Crippen LogP contribution is 2.21. The Hall–Kier alpha value is -2.49. The van der Waals surface area contributed by atoms with Crippen molar-refractivity contribution in [1.82, 2.24) is 0 Å². The van der Waals surface area contributed by atoms with Crippen molar-refractivity contribution in [1.29, 1.82) is 0 Å². The first-order valence-electron chi connectivity index (χ1n) is 6.94. The predicted octanol–water partition coefficient (Wildman–Crippen LogP) is 3.74. The summed E-state index contributed by atoms with van der Waals surface area (Å²) >= 11 is 0. The van der Waals surface area contributed by atoms with E-state index in [1.165, 1.54) is 0 Å². The summed E-state index contributed by atoms with van der Waals surface area (Å²) in [6, 6.07) is 11.9. The molecular weight excluding hydrogens is 266 g/mol. The van der Waals surface area contributed by atoms with Crippen molar-refractivity contribution in [2.24, 2.45) is 0 Å². The number of aryl methyl sites for hydroxylation is 1. The lowest BCUT2D eigenvalue weighted by atomic mass is 10.1. The molecule has 0 aliphatic heterocycles. The normalized spacial score (nSPS) is 10.2. The molecule has 2 aromatic carbocycles. The van der Waals surface area contributed by atoms with Crippen molar-refractivity contribution in [3.05, 3.63) is 53.6 Å². The van der Waals surface area contributed by atoms with Gasteiger partial charge in [0.25, 0.3) is 5.91 Å². The van der Waals surface area contributed by atoms with Crippen LogP contribution in [0.4, 0.5) is 5.69 Å². The molecule has 0 aromatic heterocycles. The maximum Gasteiger partial charge on any atom is 0.255 e. The molecule has 4 heteroatoms. The molecule has 4 nitrogen and oxygen atoms in total. The quantitative estimate of drug-likeness (QED) is 0.823. The van der Waals surface area contributed by atoms with E-state index < -0.39 is 0 Å². The van der Waals surface area contributed by atoms with Crippen molar-refractivity contribution < 1.29 is 14.6 Å². The van der Waals surface area contributed by atoms with Crippen LogP contribution >= 0.6 is 0 Å². The largest absolute Gasteiger partial charge is 0.508 e. The molecule has 0 bridgehead atoms. The molecule has 2 N–H and O–H groups in total. The fourth-order valence-corrected chi connectivity index (χ4v) is 1.93. The van der Waals surface area contributed by atoms with Gasteiger partial charge in [0.2, 0.25) is 0 Å². The maximum atomic E-state index is 12.2. The minimum Gasteiger partial charge on any atom is -0.508 e. The maximum absolute atomic E-state index is 12.2. The first-order valence-corrected chi connectivity index (χ1v) is 6.94. The third-order valence-corrected chi connectivity index (χ3v) is 3.03. The molecule has 1 amide bonds. The number of carbonyl (C=O) groups is 1. The first-order chi connectivity index (χ1) is 10.1. The van der Waals surface area contributed by atoms with E-state index in [-0.39, 0.29) is 11.7 Å². The van der Waals surface area contributed by atoms with Crippen molar-refractivity contribution in [2.75, 3.05) is 11.9 Å². The number of phenols is 1. The number of phenolic OH excluding ortho intramolecular Hbond substituents is 1. The lowest BCUT2D eigenvalue weighted by molar-refractivity contribution is 0.102. The van der Waals surface area contributed by atoms with Gasteiger partial charge in [-0.05, 0) is 55.3 Å². The molecule has 0 aliphatic rings. The molecule has 2 rings (SSSR count). The second-order valence-corrected chi connectivity index (χ2v) is 4.83. The van der Waals surface area contributed by atoms with E-state index in [4.69, 9.17) is 4.74 Å². The van der Waals surface area contributed by atoms with Gasteiger partial charge in [-0.3, -0.25) is 4.79 Å². The average Bonchev–Trinajstić information content (AvgIpc) is 2.48. The Kier molecular flexibility index (Phi) is 4.82. The Morgan fingerprint density at radius 1 is 1.24 bits per heavy atom. The van der Waals surface area contributed by atoms with Crippen LogP contribution in [0.1, 0.15) is 29.3 Å². The number of rotatable bonds is 5. The smallest absolute Gasteiger partial charge is 0.255 e. The molecule has 0 atom stereocenters. The first kappa shape index (κ1) is 14.9. The molecule has 0 saturated heterocycles. The Balaban J connectivity index is 2.12. The third-order valence-electron chi connectivity index (χ3n) is 3.03. The minimum atomic E-state index is -0.203. The van der Waals surface area contributed by atoms with Gasteiger partial charge in [-0.15, -0.1) is 0 Å². The highest BCUT2D eigenvalue weighted by molar-refractivity contribution is 6.04. The zero-order valence-corrected chi connectivity index (χ0v) is 12.2. The summed E-state index contributed by atoms with van der Waals surface area (Å²) in [6.07, 6.45) is 0.920. The van der Waals surface area contributed by atoms with Crippen LogP contribution < -0.4 is 10.1 Å². The van der Waals surface area contributed by atoms with Gasteiger partial charge < -0.3 is 15.2 Å². The van der Waals surface area contributed by atoms with Crippen LogP contribution in [0.3, 0.4) is 0 Å². The summed E-state index contributed by atoms with van der Waals surface area (Å²) in [7, 11) is 0. The fourth-order valence-electron chi connectivity index (χ4n) is 1.93.